The Hall–Kier alpha value is -3.57. The monoisotopic (exact) mass is 424 g/mol. The van der Waals surface area contributed by atoms with Crippen LogP contribution in [0.1, 0.15) is 34.6 Å². The molecule has 0 fully saturated rings. The fourth-order valence-electron chi connectivity index (χ4n) is 2.73. The molecule has 3 rings (SSSR count). The number of amides is 2. The van der Waals surface area contributed by atoms with Crippen molar-refractivity contribution in [2.75, 3.05) is 5.32 Å². The summed E-state index contributed by atoms with van der Waals surface area (Å²) in [7, 11) is 0. The van der Waals surface area contributed by atoms with Crippen molar-refractivity contribution in [2.24, 2.45) is 0 Å². The minimum Gasteiger partial charge on any atom is -0.467 e. The van der Waals surface area contributed by atoms with E-state index >= 15 is 0 Å². The number of hydrogen-bond donors (Lipinski definition) is 2. The minimum absolute atomic E-state index is 0.0653. The van der Waals surface area contributed by atoms with Gasteiger partial charge in [0.15, 0.2) is 5.69 Å². The molecular weight excluding hydrogens is 405 g/mol. The van der Waals surface area contributed by atoms with E-state index in [1.807, 2.05) is 0 Å². The van der Waals surface area contributed by atoms with Gasteiger partial charge in [-0.05, 0) is 32.0 Å². The molecule has 30 heavy (non-hydrogen) atoms. The maximum atomic E-state index is 13.1. The van der Waals surface area contributed by atoms with Crippen molar-refractivity contribution in [3.05, 3.63) is 53.5 Å². The Bertz CT molecular complexity index is 1040. The molecule has 0 radical (unpaired) electrons. The number of alkyl halides is 3. The molecule has 0 aromatic carbocycles. The summed E-state index contributed by atoms with van der Waals surface area (Å²) in [6, 6.07) is 4.21. The van der Waals surface area contributed by atoms with Crippen LogP contribution in [0.15, 0.2) is 35.1 Å². The number of nitrogens with zero attached hydrogens (tertiary/aromatic N) is 4. The van der Waals surface area contributed by atoms with Crippen LogP contribution in [-0.2, 0) is 30.6 Å². The first-order valence-electron chi connectivity index (χ1n) is 8.97. The average molecular weight is 424 g/mol. The number of nitrogens with one attached hydrogen (secondary N) is 2. The van der Waals surface area contributed by atoms with Gasteiger partial charge in [0.25, 0.3) is 5.91 Å². The molecule has 12 heteroatoms. The first kappa shape index (κ1) is 21.1. The maximum absolute atomic E-state index is 13.1. The van der Waals surface area contributed by atoms with Crippen LogP contribution in [0.25, 0.3) is 0 Å². The Morgan fingerprint density at radius 3 is 2.67 bits per heavy atom. The van der Waals surface area contributed by atoms with Gasteiger partial charge in [-0.1, -0.05) is 0 Å². The molecule has 2 N–H and O–H groups in total. The topological polar surface area (TPSA) is 107 Å². The van der Waals surface area contributed by atoms with Gasteiger partial charge in [-0.3, -0.25) is 19.0 Å². The van der Waals surface area contributed by atoms with Crippen LogP contribution >= 0.6 is 0 Å². The number of furan rings is 1. The highest BCUT2D eigenvalue weighted by molar-refractivity contribution is 6.02. The molecule has 0 unspecified atom stereocenters. The molecule has 3 aromatic rings. The van der Waals surface area contributed by atoms with Gasteiger partial charge in [-0.15, -0.1) is 0 Å². The summed E-state index contributed by atoms with van der Waals surface area (Å²) in [5, 5.41) is 12.9. The lowest BCUT2D eigenvalue weighted by Gasteiger charge is -2.10. The second-order valence-electron chi connectivity index (χ2n) is 6.38. The largest absolute Gasteiger partial charge is 0.467 e. The van der Waals surface area contributed by atoms with Crippen LogP contribution in [0.5, 0.6) is 0 Å². The third-order valence-corrected chi connectivity index (χ3v) is 4.06. The van der Waals surface area contributed by atoms with E-state index in [9.17, 15) is 22.8 Å². The van der Waals surface area contributed by atoms with Gasteiger partial charge in [0, 0.05) is 12.7 Å². The molecule has 0 spiro atoms. The predicted molar refractivity (Wildman–Crippen MR) is 98.4 cm³/mol. The van der Waals surface area contributed by atoms with Crippen molar-refractivity contribution in [1.29, 1.82) is 0 Å². The number of halogens is 3. The van der Waals surface area contributed by atoms with E-state index in [1.165, 1.54) is 24.1 Å². The quantitative estimate of drug-likeness (QED) is 0.606. The summed E-state index contributed by atoms with van der Waals surface area (Å²) < 4.78 is 46.4. The van der Waals surface area contributed by atoms with Crippen molar-refractivity contribution in [2.45, 2.75) is 39.7 Å². The highest BCUT2D eigenvalue weighted by Crippen LogP contribution is 2.29. The fraction of sp³-hybridized carbons (Fsp3) is 0.333. The Kier molecular flexibility index (Phi) is 5.94. The van der Waals surface area contributed by atoms with Gasteiger partial charge in [0.2, 0.25) is 5.91 Å². The van der Waals surface area contributed by atoms with Crippen molar-refractivity contribution >= 4 is 17.5 Å². The lowest BCUT2D eigenvalue weighted by atomic mass is 10.3. The molecule has 0 saturated carbocycles. The zero-order valence-corrected chi connectivity index (χ0v) is 16.2. The van der Waals surface area contributed by atoms with Crippen LogP contribution in [0, 0.1) is 6.92 Å². The van der Waals surface area contributed by atoms with E-state index in [2.05, 4.69) is 20.8 Å². The van der Waals surface area contributed by atoms with Gasteiger partial charge >= 0.3 is 6.18 Å². The van der Waals surface area contributed by atoms with Crippen LogP contribution in [0.2, 0.25) is 0 Å². The summed E-state index contributed by atoms with van der Waals surface area (Å²) in [4.78, 5) is 24.8. The Balaban J connectivity index is 1.74. The molecule has 0 saturated heterocycles. The molecule has 2 amide bonds. The number of aromatic nitrogens is 4. The smallest absolute Gasteiger partial charge is 0.433 e. The molecule has 0 aliphatic rings. The molecule has 3 heterocycles. The number of carbonyl (C=O) groups excluding carboxylic acids is 2. The van der Waals surface area contributed by atoms with Gasteiger partial charge in [-0.2, -0.15) is 23.4 Å². The summed E-state index contributed by atoms with van der Waals surface area (Å²) in [5.74, 6) is -0.822. The fourth-order valence-corrected chi connectivity index (χ4v) is 2.73. The zero-order chi connectivity index (χ0) is 21.9. The molecule has 9 nitrogen and oxygen atoms in total. The van der Waals surface area contributed by atoms with Crippen LogP contribution in [-0.4, -0.2) is 31.4 Å². The van der Waals surface area contributed by atoms with Crippen molar-refractivity contribution in [3.8, 4) is 0 Å². The lowest BCUT2D eigenvalue weighted by Crippen LogP contribution is -2.27. The van der Waals surface area contributed by atoms with Crippen LogP contribution in [0.3, 0.4) is 0 Å². The Morgan fingerprint density at radius 1 is 1.27 bits per heavy atom. The molecule has 160 valence electrons. The Labute approximate surface area is 168 Å². The number of rotatable bonds is 7. The van der Waals surface area contributed by atoms with E-state index < -0.39 is 30.2 Å². The van der Waals surface area contributed by atoms with Crippen molar-refractivity contribution in [1.82, 2.24) is 24.9 Å². The van der Waals surface area contributed by atoms with E-state index in [1.54, 1.807) is 19.1 Å². The van der Waals surface area contributed by atoms with Gasteiger partial charge < -0.3 is 15.1 Å². The van der Waals surface area contributed by atoms with Gasteiger partial charge in [0.1, 0.15) is 18.0 Å². The highest BCUT2D eigenvalue weighted by atomic mass is 19.4. The number of anilines is 1. The van der Waals surface area contributed by atoms with Crippen LogP contribution in [0.4, 0.5) is 18.9 Å². The molecule has 0 bridgehead atoms. The first-order valence-corrected chi connectivity index (χ1v) is 8.97. The number of hydrogen-bond acceptors (Lipinski definition) is 5. The summed E-state index contributed by atoms with van der Waals surface area (Å²) in [6.07, 6.45) is -1.75. The number of carbonyl (C=O) groups is 2. The van der Waals surface area contributed by atoms with E-state index in [0.29, 0.717) is 17.0 Å². The zero-order valence-electron chi connectivity index (χ0n) is 16.2. The summed E-state index contributed by atoms with van der Waals surface area (Å²) in [5.41, 5.74) is -0.886. The normalized spacial score (nSPS) is 11.5. The lowest BCUT2D eigenvalue weighted by molar-refractivity contribution is -0.144. The SMILES string of the molecule is CCn1cc(NC(=O)Cn2nc(C)cc2C(F)(F)F)c(C(=O)NCc2ccco2)n1. The highest BCUT2D eigenvalue weighted by Gasteiger charge is 2.36. The minimum atomic E-state index is -4.65. The Morgan fingerprint density at radius 2 is 2.03 bits per heavy atom. The standard InChI is InChI=1S/C18H19F3N6O3/c1-3-26-9-13(16(25-26)17(29)22-8-12-5-4-6-30-12)23-15(28)10-27-14(18(19,20)21)7-11(2)24-27/h4-7,9H,3,8,10H2,1-2H3,(H,22,29)(H,23,28). The molecular formula is C18H19F3N6O3. The second-order valence-corrected chi connectivity index (χ2v) is 6.38. The third kappa shape index (κ3) is 4.88. The second kappa shape index (κ2) is 8.43. The van der Waals surface area contributed by atoms with Gasteiger partial charge in [0.05, 0.1) is 24.2 Å². The van der Waals surface area contributed by atoms with E-state index in [4.69, 9.17) is 4.42 Å². The maximum Gasteiger partial charge on any atom is 0.433 e. The van der Waals surface area contributed by atoms with E-state index in [-0.39, 0.29) is 23.6 Å². The van der Waals surface area contributed by atoms with Crippen molar-refractivity contribution < 1.29 is 27.2 Å². The molecule has 0 aliphatic heterocycles. The third-order valence-electron chi connectivity index (χ3n) is 4.06. The molecule has 0 atom stereocenters. The molecule has 0 aliphatic carbocycles. The summed E-state index contributed by atoms with van der Waals surface area (Å²) in [6.45, 7) is 3.04. The number of aryl methyl sites for hydroxylation is 2. The summed E-state index contributed by atoms with van der Waals surface area (Å²) >= 11 is 0. The van der Waals surface area contributed by atoms with Crippen molar-refractivity contribution in [3.63, 3.8) is 0 Å². The molecule has 3 aromatic heterocycles. The van der Waals surface area contributed by atoms with Gasteiger partial charge in [-0.25, -0.2) is 0 Å². The first-order chi connectivity index (χ1) is 14.2. The van der Waals surface area contributed by atoms with Crippen LogP contribution < -0.4 is 10.6 Å². The van der Waals surface area contributed by atoms with E-state index in [0.717, 1.165) is 6.07 Å². The predicted octanol–water partition coefficient (Wildman–Crippen LogP) is 2.59. The average Bonchev–Trinajstić information content (AvgIpc) is 3.39.